The molecule has 4 heteroatoms. The molecule has 27 heavy (non-hydrogen) atoms. The highest BCUT2D eigenvalue weighted by molar-refractivity contribution is 5.65. The zero-order valence-corrected chi connectivity index (χ0v) is 15.9. The van der Waals surface area contributed by atoms with Crippen LogP contribution in [0.2, 0.25) is 0 Å². The topological polar surface area (TPSA) is 29.5 Å². The largest absolute Gasteiger partial charge is 0.494 e. The molecule has 0 radical (unpaired) electrons. The third-order valence-electron chi connectivity index (χ3n) is 5.59. The summed E-state index contributed by atoms with van der Waals surface area (Å²) >= 11 is 0. The average molecular weight is 374 g/mol. The van der Waals surface area contributed by atoms with Gasteiger partial charge in [0.25, 0.3) is 0 Å². The maximum absolute atomic E-state index is 14.7. The van der Waals surface area contributed by atoms with Gasteiger partial charge in [0.1, 0.15) is 5.75 Å². The van der Waals surface area contributed by atoms with Crippen molar-refractivity contribution >= 4 is 0 Å². The number of hydrogen-bond donors (Lipinski definition) is 1. The maximum atomic E-state index is 14.7. The molecule has 0 heterocycles. The normalized spacial score (nSPS) is 19.9. The molecule has 2 aromatic carbocycles. The van der Waals surface area contributed by atoms with E-state index in [1.54, 1.807) is 36.4 Å². The SMILES string of the molecule is CCCCOc1ccc(-c2ccc(C3CCC(CO)CC3)c(F)c2F)cc1. The molecule has 0 spiro atoms. The predicted octanol–water partition coefficient (Wildman–Crippen LogP) is 6.08. The number of halogens is 2. The maximum Gasteiger partial charge on any atom is 0.166 e. The summed E-state index contributed by atoms with van der Waals surface area (Å²) in [5, 5.41) is 9.25. The lowest BCUT2D eigenvalue weighted by molar-refractivity contribution is 0.181. The lowest BCUT2D eigenvalue weighted by Gasteiger charge is -2.28. The van der Waals surface area contributed by atoms with Gasteiger partial charge in [-0.05, 0) is 67.2 Å². The van der Waals surface area contributed by atoms with E-state index in [0.717, 1.165) is 44.3 Å². The quantitative estimate of drug-likeness (QED) is 0.595. The number of aliphatic hydroxyl groups excluding tert-OH is 1. The molecule has 3 rings (SSSR count). The summed E-state index contributed by atoms with van der Waals surface area (Å²) in [4.78, 5) is 0. The van der Waals surface area contributed by atoms with E-state index < -0.39 is 11.6 Å². The lowest BCUT2D eigenvalue weighted by atomic mass is 9.78. The fraction of sp³-hybridized carbons (Fsp3) is 0.478. The fourth-order valence-corrected chi connectivity index (χ4v) is 3.82. The first kappa shape index (κ1) is 19.8. The van der Waals surface area contributed by atoms with Crippen molar-refractivity contribution in [3.63, 3.8) is 0 Å². The summed E-state index contributed by atoms with van der Waals surface area (Å²) in [6.07, 6.45) is 5.38. The molecule has 1 aliphatic rings. The minimum atomic E-state index is -0.781. The molecule has 0 unspecified atom stereocenters. The number of ether oxygens (including phenoxy) is 1. The Labute approximate surface area is 160 Å². The van der Waals surface area contributed by atoms with Crippen LogP contribution in [0.4, 0.5) is 8.78 Å². The molecule has 2 nitrogen and oxygen atoms in total. The molecule has 146 valence electrons. The lowest BCUT2D eigenvalue weighted by Crippen LogP contribution is -2.17. The zero-order valence-electron chi connectivity index (χ0n) is 15.9. The number of hydrogen-bond acceptors (Lipinski definition) is 2. The van der Waals surface area contributed by atoms with Gasteiger partial charge in [-0.2, -0.15) is 0 Å². The monoisotopic (exact) mass is 374 g/mol. The highest BCUT2D eigenvalue weighted by Gasteiger charge is 2.26. The number of aliphatic hydroxyl groups is 1. The fourth-order valence-electron chi connectivity index (χ4n) is 3.82. The molecule has 0 atom stereocenters. The molecule has 0 saturated heterocycles. The third-order valence-corrected chi connectivity index (χ3v) is 5.59. The molecule has 0 aliphatic heterocycles. The molecule has 1 N–H and O–H groups in total. The van der Waals surface area contributed by atoms with Gasteiger partial charge in [-0.1, -0.05) is 37.6 Å². The number of benzene rings is 2. The van der Waals surface area contributed by atoms with Crippen LogP contribution >= 0.6 is 0 Å². The Morgan fingerprint density at radius 2 is 1.67 bits per heavy atom. The van der Waals surface area contributed by atoms with Crippen molar-refractivity contribution in [1.29, 1.82) is 0 Å². The molecule has 1 fully saturated rings. The van der Waals surface area contributed by atoms with Gasteiger partial charge in [0, 0.05) is 12.2 Å². The Morgan fingerprint density at radius 1 is 0.963 bits per heavy atom. The first-order chi connectivity index (χ1) is 13.1. The highest BCUT2D eigenvalue weighted by atomic mass is 19.2. The van der Waals surface area contributed by atoms with E-state index in [4.69, 9.17) is 4.74 Å². The second-order valence-electron chi connectivity index (χ2n) is 7.46. The molecule has 0 aromatic heterocycles. The van der Waals surface area contributed by atoms with Gasteiger partial charge in [-0.15, -0.1) is 0 Å². The van der Waals surface area contributed by atoms with Gasteiger partial charge in [0.15, 0.2) is 11.6 Å². The van der Waals surface area contributed by atoms with E-state index >= 15 is 0 Å². The second kappa shape index (κ2) is 9.32. The summed E-state index contributed by atoms with van der Waals surface area (Å²) in [6.45, 7) is 2.94. The Balaban J connectivity index is 1.75. The minimum Gasteiger partial charge on any atom is -0.494 e. The Hall–Kier alpha value is -1.94. The first-order valence-corrected chi connectivity index (χ1v) is 9.96. The second-order valence-corrected chi connectivity index (χ2v) is 7.46. The van der Waals surface area contributed by atoms with E-state index in [1.165, 1.54) is 0 Å². The zero-order chi connectivity index (χ0) is 19.2. The summed E-state index contributed by atoms with van der Waals surface area (Å²) in [6, 6.07) is 10.5. The molecule has 1 aliphatic carbocycles. The Bertz CT molecular complexity index is 735. The van der Waals surface area contributed by atoms with Crippen LogP contribution in [-0.4, -0.2) is 18.3 Å². The summed E-state index contributed by atoms with van der Waals surface area (Å²) in [7, 11) is 0. The molecule has 0 amide bonds. The van der Waals surface area contributed by atoms with Gasteiger partial charge in [0.05, 0.1) is 6.61 Å². The molecular weight excluding hydrogens is 346 g/mol. The predicted molar refractivity (Wildman–Crippen MR) is 104 cm³/mol. The number of unbranched alkanes of at least 4 members (excludes halogenated alkanes) is 1. The summed E-state index contributed by atoms with van der Waals surface area (Å²) < 4.78 is 35.1. The van der Waals surface area contributed by atoms with Crippen LogP contribution < -0.4 is 4.74 Å². The van der Waals surface area contributed by atoms with Gasteiger partial charge in [-0.25, -0.2) is 8.78 Å². The Morgan fingerprint density at radius 3 is 2.30 bits per heavy atom. The van der Waals surface area contributed by atoms with E-state index in [1.807, 2.05) is 0 Å². The van der Waals surface area contributed by atoms with Crippen LogP contribution in [0, 0.1) is 17.6 Å². The Kier molecular flexibility index (Phi) is 6.84. The first-order valence-electron chi connectivity index (χ1n) is 9.96. The van der Waals surface area contributed by atoms with Crippen molar-refractivity contribution < 1.29 is 18.6 Å². The third kappa shape index (κ3) is 4.67. The minimum absolute atomic E-state index is 0.0330. The van der Waals surface area contributed by atoms with E-state index in [-0.39, 0.29) is 18.1 Å². The standard InChI is InChI=1S/C23H28F2O2/c1-2-3-14-27-19-10-8-18(9-11-19)21-13-12-20(22(24)23(21)25)17-6-4-16(15-26)5-7-17/h8-13,16-17,26H,2-7,14-15H2,1H3. The van der Waals surface area contributed by atoms with Crippen molar-refractivity contribution in [3.05, 3.63) is 53.6 Å². The summed E-state index contributed by atoms with van der Waals surface area (Å²) in [5.41, 5.74) is 1.39. The van der Waals surface area contributed by atoms with Crippen molar-refractivity contribution in [2.24, 2.45) is 5.92 Å². The van der Waals surface area contributed by atoms with Crippen LogP contribution in [0.3, 0.4) is 0 Å². The number of rotatable bonds is 7. The van der Waals surface area contributed by atoms with Crippen LogP contribution in [0.25, 0.3) is 11.1 Å². The van der Waals surface area contributed by atoms with Crippen LogP contribution in [0.5, 0.6) is 5.75 Å². The highest BCUT2D eigenvalue weighted by Crippen LogP contribution is 2.38. The van der Waals surface area contributed by atoms with Gasteiger partial charge < -0.3 is 9.84 Å². The van der Waals surface area contributed by atoms with Crippen molar-refractivity contribution in [3.8, 4) is 16.9 Å². The molecule has 1 saturated carbocycles. The smallest absolute Gasteiger partial charge is 0.166 e. The van der Waals surface area contributed by atoms with Gasteiger partial charge in [0.2, 0.25) is 0 Å². The van der Waals surface area contributed by atoms with Crippen LogP contribution in [-0.2, 0) is 0 Å². The van der Waals surface area contributed by atoms with Crippen molar-refractivity contribution in [1.82, 2.24) is 0 Å². The molecule has 0 bridgehead atoms. The summed E-state index contributed by atoms with van der Waals surface area (Å²) in [5.74, 6) is -0.442. The average Bonchev–Trinajstić information content (AvgIpc) is 2.71. The van der Waals surface area contributed by atoms with Gasteiger partial charge in [-0.3, -0.25) is 0 Å². The van der Waals surface area contributed by atoms with E-state index in [0.29, 0.717) is 23.7 Å². The van der Waals surface area contributed by atoms with E-state index in [9.17, 15) is 13.9 Å². The van der Waals surface area contributed by atoms with Crippen molar-refractivity contribution in [2.45, 2.75) is 51.4 Å². The molecule has 2 aromatic rings. The van der Waals surface area contributed by atoms with Gasteiger partial charge >= 0.3 is 0 Å². The van der Waals surface area contributed by atoms with Crippen LogP contribution in [0.15, 0.2) is 36.4 Å². The molecular formula is C23H28F2O2. The van der Waals surface area contributed by atoms with Crippen molar-refractivity contribution in [2.75, 3.05) is 13.2 Å². The van der Waals surface area contributed by atoms with Crippen LogP contribution in [0.1, 0.15) is 56.9 Å². The van der Waals surface area contributed by atoms with E-state index in [2.05, 4.69) is 6.92 Å².